The predicted octanol–water partition coefficient (Wildman–Crippen LogP) is 3.48. The van der Waals surface area contributed by atoms with E-state index in [1.165, 1.54) is 17.0 Å². The van der Waals surface area contributed by atoms with Crippen LogP contribution in [0.15, 0.2) is 36.5 Å². The van der Waals surface area contributed by atoms with Crippen molar-refractivity contribution in [3.8, 4) is 11.3 Å². The van der Waals surface area contributed by atoms with Crippen molar-refractivity contribution in [2.24, 2.45) is 0 Å². The maximum atomic E-state index is 13.3. The number of fused-ring (bicyclic) bond motifs is 1. The zero-order valence-corrected chi connectivity index (χ0v) is 17.6. The van der Waals surface area contributed by atoms with Crippen LogP contribution in [-0.2, 0) is 0 Å². The molecular formula is C22H24FN5O3. The maximum Gasteiger partial charge on any atom is 0.407 e. The van der Waals surface area contributed by atoms with Crippen molar-refractivity contribution in [1.82, 2.24) is 24.4 Å². The quantitative estimate of drug-likeness (QED) is 0.694. The number of carbonyl (C=O) groups is 2. The predicted molar refractivity (Wildman–Crippen MR) is 113 cm³/mol. The van der Waals surface area contributed by atoms with Gasteiger partial charge in [-0.05, 0) is 43.2 Å². The highest BCUT2D eigenvalue weighted by Crippen LogP contribution is 2.26. The smallest absolute Gasteiger partial charge is 0.407 e. The summed E-state index contributed by atoms with van der Waals surface area (Å²) in [7, 11) is 0. The Labute approximate surface area is 178 Å². The molecule has 0 aliphatic carbocycles. The van der Waals surface area contributed by atoms with Gasteiger partial charge in [-0.15, -0.1) is 0 Å². The van der Waals surface area contributed by atoms with E-state index in [2.05, 4.69) is 10.1 Å². The van der Waals surface area contributed by atoms with Crippen LogP contribution in [0, 0.1) is 5.82 Å². The van der Waals surface area contributed by atoms with E-state index >= 15 is 0 Å². The number of halogens is 1. The van der Waals surface area contributed by atoms with Crippen LogP contribution in [0.5, 0.6) is 0 Å². The Morgan fingerprint density at radius 1 is 1.19 bits per heavy atom. The molecule has 0 radical (unpaired) electrons. The summed E-state index contributed by atoms with van der Waals surface area (Å²) < 4.78 is 14.9. The third-order valence-corrected chi connectivity index (χ3v) is 5.60. The molecule has 9 heteroatoms. The van der Waals surface area contributed by atoms with Gasteiger partial charge in [-0.25, -0.2) is 18.7 Å². The number of hydrogen-bond acceptors (Lipinski definition) is 4. The highest BCUT2D eigenvalue weighted by atomic mass is 19.1. The Kier molecular flexibility index (Phi) is 5.34. The first kappa shape index (κ1) is 20.8. The molecule has 1 N–H and O–H groups in total. The number of nitrogens with zero attached hydrogens (tertiary/aromatic N) is 5. The van der Waals surface area contributed by atoms with Crippen LogP contribution < -0.4 is 0 Å². The second-order valence-electron chi connectivity index (χ2n) is 8.12. The summed E-state index contributed by atoms with van der Waals surface area (Å²) in [5.74, 6) is -0.434. The fraction of sp³-hybridized carbons (Fsp3) is 0.364. The molecule has 3 heterocycles. The molecule has 1 aliphatic heterocycles. The van der Waals surface area contributed by atoms with Gasteiger partial charge in [0.1, 0.15) is 11.5 Å². The number of benzene rings is 1. The maximum absolute atomic E-state index is 13.3. The van der Waals surface area contributed by atoms with E-state index in [1.807, 2.05) is 19.9 Å². The van der Waals surface area contributed by atoms with Crippen molar-refractivity contribution in [1.29, 1.82) is 0 Å². The summed E-state index contributed by atoms with van der Waals surface area (Å²) in [5, 5.41) is 13.8. The van der Waals surface area contributed by atoms with Crippen LogP contribution in [-0.4, -0.2) is 67.2 Å². The van der Waals surface area contributed by atoms with Gasteiger partial charge in [0, 0.05) is 36.8 Å². The SMILES string of the molecule is CC(C)c1cc(-c2ccc(F)cc2)nn2cc(C(=O)N3CCN(C(=O)O)[C@@H](C)C3)nc12. The Hall–Kier alpha value is -3.49. The number of rotatable bonds is 3. The number of aromatic nitrogens is 3. The van der Waals surface area contributed by atoms with E-state index in [4.69, 9.17) is 0 Å². The summed E-state index contributed by atoms with van der Waals surface area (Å²) >= 11 is 0. The summed E-state index contributed by atoms with van der Waals surface area (Å²) in [6.07, 6.45) is 0.622. The van der Waals surface area contributed by atoms with E-state index in [0.717, 1.165) is 11.1 Å². The summed E-state index contributed by atoms with van der Waals surface area (Å²) in [6, 6.07) is 7.73. The number of carbonyl (C=O) groups excluding carboxylic acids is 1. The molecule has 0 unspecified atom stereocenters. The average Bonchev–Trinajstić information content (AvgIpc) is 3.16. The molecule has 4 rings (SSSR count). The largest absolute Gasteiger partial charge is 0.465 e. The van der Waals surface area contributed by atoms with Gasteiger partial charge in [0.25, 0.3) is 5.91 Å². The van der Waals surface area contributed by atoms with E-state index in [1.54, 1.807) is 34.7 Å². The molecule has 3 aromatic rings. The van der Waals surface area contributed by atoms with Gasteiger partial charge in [0.15, 0.2) is 5.65 Å². The van der Waals surface area contributed by atoms with Crippen LogP contribution in [0.1, 0.15) is 42.7 Å². The van der Waals surface area contributed by atoms with Crippen molar-refractivity contribution in [2.45, 2.75) is 32.7 Å². The minimum atomic E-state index is -0.980. The molecule has 1 fully saturated rings. The van der Waals surface area contributed by atoms with Crippen LogP contribution in [0.3, 0.4) is 0 Å². The van der Waals surface area contributed by atoms with Crippen molar-refractivity contribution in [2.75, 3.05) is 19.6 Å². The van der Waals surface area contributed by atoms with Gasteiger partial charge in [-0.2, -0.15) is 5.10 Å². The zero-order valence-electron chi connectivity index (χ0n) is 17.6. The van der Waals surface area contributed by atoms with Gasteiger partial charge in [-0.3, -0.25) is 4.79 Å². The van der Waals surface area contributed by atoms with Crippen LogP contribution in [0.25, 0.3) is 16.9 Å². The number of hydrogen-bond donors (Lipinski definition) is 1. The Bertz CT molecular complexity index is 1140. The molecule has 8 nitrogen and oxygen atoms in total. The normalized spacial score (nSPS) is 16.9. The molecule has 2 aromatic heterocycles. The lowest BCUT2D eigenvalue weighted by Crippen LogP contribution is -2.55. The third kappa shape index (κ3) is 3.95. The Morgan fingerprint density at radius 3 is 2.52 bits per heavy atom. The molecule has 31 heavy (non-hydrogen) atoms. The molecule has 1 aromatic carbocycles. The number of imidazole rings is 1. The number of piperazine rings is 1. The molecule has 1 saturated heterocycles. The molecule has 0 bridgehead atoms. The average molecular weight is 425 g/mol. The van der Waals surface area contributed by atoms with Crippen LogP contribution in [0.4, 0.5) is 9.18 Å². The first-order valence-corrected chi connectivity index (χ1v) is 10.2. The third-order valence-electron chi connectivity index (χ3n) is 5.60. The lowest BCUT2D eigenvalue weighted by atomic mass is 10.0. The van der Waals surface area contributed by atoms with E-state index in [0.29, 0.717) is 24.4 Å². The van der Waals surface area contributed by atoms with Gasteiger partial charge < -0.3 is 14.9 Å². The summed E-state index contributed by atoms with van der Waals surface area (Å²) in [4.78, 5) is 31.9. The van der Waals surface area contributed by atoms with Gasteiger partial charge >= 0.3 is 6.09 Å². The monoisotopic (exact) mass is 425 g/mol. The molecule has 1 aliphatic rings. The van der Waals surface area contributed by atoms with Crippen molar-refractivity contribution < 1.29 is 19.1 Å². The van der Waals surface area contributed by atoms with Gasteiger partial charge in [0.05, 0.1) is 11.9 Å². The Morgan fingerprint density at radius 2 is 1.90 bits per heavy atom. The Balaban J connectivity index is 1.68. The van der Waals surface area contributed by atoms with Crippen LogP contribution in [0.2, 0.25) is 0 Å². The van der Waals surface area contributed by atoms with E-state index < -0.39 is 6.09 Å². The molecule has 162 valence electrons. The molecule has 2 amide bonds. The van der Waals surface area contributed by atoms with E-state index in [9.17, 15) is 19.1 Å². The molecule has 0 saturated carbocycles. The first-order chi connectivity index (χ1) is 14.7. The lowest BCUT2D eigenvalue weighted by molar-refractivity contribution is 0.0502. The van der Waals surface area contributed by atoms with Crippen LogP contribution >= 0.6 is 0 Å². The highest BCUT2D eigenvalue weighted by Gasteiger charge is 2.31. The topological polar surface area (TPSA) is 91.0 Å². The second kappa shape index (κ2) is 7.98. The van der Waals surface area contributed by atoms with Crippen molar-refractivity contribution in [3.63, 3.8) is 0 Å². The molecule has 1 atom stereocenters. The van der Waals surface area contributed by atoms with E-state index in [-0.39, 0.29) is 35.9 Å². The van der Waals surface area contributed by atoms with Gasteiger partial charge in [-0.1, -0.05) is 13.8 Å². The fourth-order valence-electron chi connectivity index (χ4n) is 3.88. The summed E-state index contributed by atoms with van der Waals surface area (Å²) in [6.45, 7) is 6.74. The van der Waals surface area contributed by atoms with Gasteiger partial charge in [0.2, 0.25) is 0 Å². The molecule has 0 spiro atoms. The minimum Gasteiger partial charge on any atom is -0.465 e. The van der Waals surface area contributed by atoms with Crippen molar-refractivity contribution in [3.05, 3.63) is 53.6 Å². The molecular weight excluding hydrogens is 401 g/mol. The second-order valence-corrected chi connectivity index (χ2v) is 8.12. The summed E-state index contributed by atoms with van der Waals surface area (Å²) in [5.41, 5.74) is 3.22. The number of carboxylic acid groups (broad SMARTS) is 1. The number of amides is 2. The zero-order chi connectivity index (χ0) is 22.3. The first-order valence-electron chi connectivity index (χ1n) is 10.2. The standard InChI is InChI=1S/C22H24FN5O3/c1-13(2)17-10-18(15-4-6-16(23)7-5-15)25-28-12-19(24-20(17)28)21(29)26-8-9-27(22(30)31)14(3)11-26/h4-7,10,12-14H,8-9,11H2,1-3H3,(H,30,31)/t14-/m0/s1. The fourth-order valence-corrected chi connectivity index (χ4v) is 3.88. The minimum absolute atomic E-state index is 0.134. The lowest BCUT2D eigenvalue weighted by Gasteiger charge is -2.37. The van der Waals surface area contributed by atoms with Crippen molar-refractivity contribution >= 4 is 17.6 Å². The highest BCUT2D eigenvalue weighted by molar-refractivity contribution is 5.93.